The maximum absolute atomic E-state index is 6.06. The summed E-state index contributed by atoms with van der Waals surface area (Å²) in [5, 5.41) is 3.55. The zero-order valence-electron chi connectivity index (χ0n) is 11.8. The van der Waals surface area contributed by atoms with Crippen molar-refractivity contribution in [2.45, 2.75) is 25.3 Å². The van der Waals surface area contributed by atoms with Crippen LogP contribution >= 0.6 is 0 Å². The van der Waals surface area contributed by atoms with Crippen LogP contribution in [0.1, 0.15) is 19.3 Å². The molecule has 5 heteroatoms. The molecule has 1 saturated heterocycles. The Hall–Kier alpha value is -1.88. The van der Waals surface area contributed by atoms with Crippen LogP contribution in [0.15, 0.2) is 24.3 Å². The van der Waals surface area contributed by atoms with Gasteiger partial charge in [0.25, 0.3) is 0 Å². The maximum Gasteiger partial charge on any atom is 0.171 e. The first-order chi connectivity index (χ1) is 9.74. The highest BCUT2D eigenvalue weighted by Gasteiger charge is 2.17. The van der Waals surface area contributed by atoms with Crippen molar-refractivity contribution < 1.29 is 0 Å². The van der Waals surface area contributed by atoms with Crippen molar-refractivity contribution in [2.24, 2.45) is 0 Å². The Morgan fingerprint density at radius 3 is 2.70 bits per heavy atom. The van der Waals surface area contributed by atoms with Crippen molar-refractivity contribution in [1.29, 1.82) is 0 Å². The molecule has 1 unspecified atom stereocenters. The van der Waals surface area contributed by atoms with Gasteiger partial charge in [0.2, 0.25) is 0 Å². The van der Waals surface area contributed by atoms with Gasteiger partial charge in [-0.1, -0.05) is 18.6 Å². The third-order valence-electron chi connectivity index (χ3n) is 3.85. The smallest absolute Gasteiger partial charge is 0.171 e. The molecule has 0 radical (unpaired) electrons. The molecule has 1 aromatic carbocycles. The summed E-state index contributed by atoms with van der Waals surface area (Å²) in [5.41, 5.74) is 7.79. The van der Waals surface area contributed by atoms with Gasteiger partial charge in [-0.2, -0.15) is 0 Å². The van der Waals surface area contributed by atoms with E-state index in [-0.39, 0.29) is 0 Å². The molecule has 3 rings (SSSR count). The largest absolute Gasteiger partial charge is 0.381 e. The molecule has 2 aromatic rings. The third-order valence-corrected chi connectivity index (χ3v) is 3.85. The van der Waals surface area contributed by atoms with E-state index >= 15 is 0 Å². The molecule has 1 aliphatic rings. The normalized spacial score (nSPS) is 19.1. The molecule has 0 spiro atoms. The van der Waals surface area contributed by atoms with Crippen LogP contribution in [0.3, 0.4) is 0 Å². The second-order valence-electron chi connectivity index (χ2n) is 5.45. The number of rotatable bonds is 3. The average Bonchev–Trinajstić information content (AvgIpc) is 2.47. The van der Waals surface area contributed by atoms with Gasteiger partial charge in [0.15, 0.2) is 11.6 Å². The Labute approximate surface area is 119 Å². The lowest BCUT2D eigenvalue weighted by atomic mass is 10.0. The highest BCUT2D eigenvalue weighted by Crippen LogP contribution is 2.22. The van der Waals surface area contributed by atoms with E-state index in [4.69, 9.17) is 5.73 Å². The molecule has 3 N–H and O–H groups in total. The first-order valence-electron chi connectivity index (χ1n) is 7.21. The highest BCUT2D eigenvalue weighted by atomic mass is 15.2. The summed E-state index contributed by atoms with van der Waals surface area (Å²) in [5.74, 6) is 1.28. The molecule has 1 atom stereocenters. The van der Waals surface area contributed by atoms with E-state index in [9.17, 15) is 0 Å². The number of piperidine rings is 1. The Bertz CT molecular complexity index is 592. The van der Waals surface area contributed by atoms with Gasteiger partial charge in [0.05, 0.1) is 11.0 Å². The first kappa shape index (κ1) is 13.1. The summed E-state index contributed by atoms with van der Waals surface area (Å²) >= 11 is 0. The monoisotopic (exact) mass is 271 g/mol. The van der Waals surface area contributed by atoms with Crippen molar-refractivity contribution in [3.05, 3.63) is 24.3 Å². The SMILES string of the molecule is CN(CC1CCCCN1)c1nc2ccccc2nc1N. The highest BCUT2D eigenvalue weighted by molar-refractivity contribution is 5.79. The number of aromatic nitrogens is 2. The molecule has 106 valence electrons. The summed E-state index contributed by atoms with van der Waals surface area (Å²) in [7, 11) is 2.03. The van der Waals surface area contributed by atoms with Crippen molar-refractivity contribution in [3.8, 4) is 0 Å². The fraction of sp³-hybridized carbons (Fsp3) is 0.467. The van der Waals surface area contributed by atoms with E-state index < -0.39 is 0 Å². The fourth-order valence-corrected chi connectivity index (χ4v) is 2.78. The van der Waals surface area contributed by atoms with Gasteiger partial charge in [-0.15, -0.1) is 0 Å². The minimum Gasteiger partial charge on any atom is -0.381 e. The van der Waals surface area contributed by atoms with Gasteiger partial charge in [-0.3, -0.25) is 0 Å². The van der Waals surface area contributed by atoms with Crippen molar-refractivity contribution >= 4 is 22.7 Å². The van der Waals surface area contributed by atoms with Crippen molar-refractivity contribution in [3.63, 3.8) is 0 Å². The topological polar surface area (TPSA) is 67.1 Å². The zero-order chi connectivity index (χ0) is 13.9. The molecular formula is C15H21N5. The molecule has 1 aliphatic heterocycles. The van der Waals surface area contributed by atoms with E-state index in [1.54, 1.807) is 0 Å². The quantitative estimate of drug-likeness (QED) is 0.891. The number of para-hydroxylation sites is 2. The van der Waals surface area contributed by atoms with Gasteiger partial charge in [0, 0.05) is 19.6 Å². The third kappa shape index (κ3) is 2.67. The van der Waals surface area contributed by atoms with E-state index in [1.807, 2.05) is 31.3 Å². The van der Waals surface area contributed by atoms with Crippen molar-refractivity contribution in [1.82, 2.24) is 15.3 Å². The molecule has 0 amide bonds. The maximum atomic E-state index is 6.06. The lowest BCUT2D eigenvalue weighted by molar-refractivity contribution is 0.403. The molecule has 0 aliphatic carbocycles. The molecule has 0 saturated carbocycles. The number of hydrogen-bond donors (Lipinski definition) is 2. The van der Waals surface area contributed by atoms with Gasteiger partial charge in [0.1, 0.15) is 0 Å². The molecular weight excluding hydrogens is 250 g/mol. The van der Waals surface area contributed by atoms with Gasteiger partial charge < -0.3 is 16.0 Å². The van der Waals surface area contributed by atoms with E-state index in [1.165, 1.54) is 19.3 Å². The van der Waals surface area contributed by atoms with Gasteiger partial charge >= 0.3 is 0 Å². The van der Waals surface area contributed by atoms with E-state index in [2.05, 4.69) is 20.2 Å². The summed E-state index contributed by atoms with van der Waals surface area (Å²) in [6, 6.07) is 8.34. The molecule has 20 heavy (non-hydrogen) atoms. The first-order valence-corrected chi connectivity index (χ1v) is 7.21. The van der Waals surface area contributed by atoms with Gasteiger partial charge in [-0.25, -0.2) is 9.97 Å². The number of hydrogen-bond acceptors (Lipinski definition) is 5. The molecule has 0 bridgehead atoms. The average molecular weight is 271 g/mol. The number of likely N-dealkylation sites (N-methyl/N-ethyl adjacent to an activating group) is 1. The minimum absolute atomic E-state index is 0.502. The number of nitrogens with one attached hydrogen (secondary N) is 1. The van der Waals surface area contributed by atoms with Gasteiger partial charge in [-0.05, 0) is 31.5 Å². The second kappa shape index (κ2) is 5.63. The number of anilines is 2. The lowest BCUT2D eigenvalue weighted by Gasteiger charge is -2.29. The number of nitrogens with zero attached hydrogens (tertiary/aromatic N) is 3. The molecule has 1 aromatic heterocycles. The molecule has 5 nitrogen and oxygen atoms in total. The van der Waals surface area contributed by atoms with Crippen LogP contribution in [0.25, 0.3) is 11.0 Å². The minimum atomic E-state index is 0.502. The number of nitrogens with two attached hydrogens (primary N) is 1. The fourth-order valence-electron chi connectivity index (χ4n) is 2.78. The summed E-state index contributed by atoms with van der Waals surface area (Å²) in [6.45, 7) is 2.02. The van der Waals surface area contributed by atoms with Crippen LogP contribution in [0.2, 0.25) is 0 Å². The predicted molar refractivity (Wildman–Crippen MR) is 82.9 cm³/mol. The number of benzene rings is 1. The van der Waals surface area contributed by atoms with E-state index in [0.29, 0.717) is 11.9 Å². The van der Waals surface area contributed by atoms with E-state index in [0.717, 1.165) is 29.9 Å². The molecule has 1 fully saturated rings. The van der Waals surface area contributed by atoms with Crippen molar-refractivity contribution in [2.75, 3.05) is 30.8 Å². The second-order valence-corrected chi connectivity index (χ2v) is 5.45. The van der Waals surface area contributed by atoms with Crippen LogP contribution in [-0.2, 0) is 0 Å². The summed E-state index contributed by atoms with van der Waals surface area (Å²) in [4.78, 5) is 11.2. The Morgan fingerprint density at radius 1 is 1.25 bits per heavy atom. The Morgan fingerprint density at radius 2 is 2.00 bits per heavy atom. The van der Waals surface area contributed by atoms with Crippen LogP contribution in [0.4, 0.5) is 11.6 Å². The summed E-state index contributed by atoms with van der Waals surface area (Å²) in [6.07, 6.45) is 3.79. The number of fused-ring (bicyclic) bond motifs is 1. The van der Waals surface area contributed by atoms with Crippen LogP contribution < -0.4 is 16.0 Å². The molecule has 2 heterocycles. The number of nitrogen functional groups attached to an aromatic ring is 1. The lowest BCUT2D eigenvalue weighted by Crippen LogP contribution is -2.42. The standard InChI is InChI=1S/C15H21N5/c1-20(10-11-6-4-5-9-17-11)15-14(16)18-12-7-2-3-8-13(12)19-15/h2-3,7-8,11,17H,4-6,9-10H2,1H3,(H2,16,18). The van der Waals surface area contributed by atoms with Crippen LogP contribution in [-0.4, -0.2) is 36.1 Å². The Kier molecular flexibility index (Phi) is 3.69. The van der Waals surface area contributed by atoms with Crippen LogP contribution in [0.5, 0.6) is 0 Å². The predicted octanol–water partition coefficient (Wildman–Crippen LogP) is 1.79. The zero-order valence-corrected chi connectivity index (χ0v) is 11.8. The Balaban J connectivity index is 1.82. The van der Waals surface area contributed by atoms with Crippen LogP contribution in [0, 0.1) is 0 Å². The summed E-state index contributed by atoms with van der Waals surface area (Å²) < 4.78 is 0.